The molecule has 2 heterocycles. The summed E-state index contributed by atoms with van der Waals surface area (Å²) in [5.74, 6) is 1.59. The molecule has 1 saturated heterocycles. The quantitative estimate of drug-likeness (QED) is 0.264. The number of rotatable bonds is 11. The predicted molar refractivity (Wildman–Crippen MR) is 163 cm³/mol. The van der Waals surface area contributed by atoms with E-state index in [1.54, 1.807) is 0 Å². The Hall–Kier alpha value is -3.52. The highest BCUT2D eigenvalue weighted by molar-refractivity contribution is 5.86. The van der Waals surface area contributed by atoms with Crippen LogP contribution in [0.4, 0.5) is 0 Å². The first kappa shape index (κ1) is 31.4. The molecule has 1 aliphatic heterocycles. The van der Waals surface area contributed by atoms with Crippen LogP contribution in [0.2, 0.25) is 0 Å². The summed E-state index contributed by atoms with van der Waals surface area (Å²) in [6.07, 6.45) is 1.63. The molecule has 0 bridgehead atoms. The number of esters is 2. The maximum absolute atomic E-state index is 12.9. The number of hydrogen-bond acceptors (Lipinski definition) is 7. The number of nitrogens with one attached hydrogen (secondary N) is 1. The molecule has 1 N–H and O–H groups in total. The lowest BCUT2D eigenvalue weighted by molar-refractivity contribution is -0.161. The summed E-state index contributed by atoms with van der Waals surface area (Å²) in [5, 5.41) is 0.888. The van der Waals surface area contributed by atoms with Gasteiger partial charge >= 0.3 is 11.9 Å². The molecule has 1 atom stereocenters. The van der Waals surface area contributed by atoms with Gasteiger partial charge in [0.15, 0.2) is 0 Å². The Kier molecular flexibility index (Phi) is 10.2. The molecule has 228 valence electrons. The molecule has 0 spiro atoms. The zero-order chi connectivity index (χ0) is 30.3. The standard InChI is InChI=1S/C34H46N2O6/c1-33(2,3)31(37)41-22-25-19-28-29(35-25)13-10-14-30(28)40-23-27(42-32(38)34(4,5)6)20-36-17-15-24(16-18-36)21-39-26-11-8-7-9-12-26/h7-14,19,24,27,35H,15-18,20-23H2,1-6H3. The Morgan fingerprint density at radius 1 is 0.905 bits per heavy atom. The second kappa shape index (κ2) is 13.6. The van der Waals surface area contributed by atoms with Crippen molar-refractivity contribution in [3.63, 3.8) is 0 Å². The van der Waals surface area contributed by atoms with E-state index in [-0.39, 0.29) is 25.2 Å². The van der Waals surface area contributed by atoms with Gasteiger partial charge in [0.05, 0.1) is 23.1 Å². The summed E-state index contributed by atoms with van der Waals surface area (Å²) < 4.78 is 23.7. The summed E-state index contributed by atoms with van der Waals surface area (Å²) in [6.45, 7) is 14.6. The molecule has 2 aromatic carbocycles. The van der Waals surface area contributed by atoms with Crippen LogP contribution in [0.1, 0.15) is 60.1 Å². The SMILES string of the molecule is CC(C)(C)C(=O)OCc1cc2c(OCC(CN3CCC(COc4ccccc4)CC3)OC(=O)C(C)(C)C)cccc2[nH]1. The van der Waals surface area contributed by atoms with E-state index in [1.807, 2.05) is 96.1 Å². The van der Waals surface area contributed by atoms with E-state index in [0.29, 0.717) is 24.8 Å². The van der Waals surface area contributed by atoms with Crippen LogP contribution in [0.25, 0.3) is 10.9 Å². The van der Waals surface area contributed by atoms with Crippen LogP contribution in [0.15, 0.2) is 54.6 Å². The van der Waals surface area contributed by atoms with Gasteiger partial charge in [-0.05, 0) is 104 Å². The van der Waals surface area contributed by atoms with Crippen molar-refractivity contribution in [2.75, 3.05) is 32.8 Å². The number of aromatic amines is 1. The van der Waals surface area contributed by atoms with Crippen LogP contribution in [0.3, 0.4) is 0 Å². The first-order valence-electron chi connectivity index (χ1n) is 14.9. The molecule has 42 heavy (non-hydrogen) atoms. The van der Waals surface area contributed by atoms with Gasteiger partial charge in [-0.1, -0.05) is 24.3 Å². The summed E-state index contributed by atoms with van der Waals surface area (Å²) >= 11 is 0. The van der Waals surface area contributed by atoms with Gasteiger partial charge in [0.2, 0.25) is 0 Å². The first-order valence-corrected chi connectivity index (χ1v) is 14.9. The zero-order valence-corrected chi connectivity index (χ0v) is 25.9. The smallest absolute Gasteiger partial charge is 0.311 e. The zero-order valence-electron chi connectivity index (χ0n) is 25.9. The number of carbonyl (C=O) groups excluding carboxylic acids is 2. The second-order valence-corrected chi connectivity index (χ2v) is 13.3. The first-order chi connectivity index (χ1) is 19.9. The number of likely N-dealkylation sites (tertiary alicyclic amines) is 1. The van der Waals surface area contributed by atoms with Gasteiger partial charge in [0, 0.05) is 17.4 Å². The van der Waals surface area contributed by atoms with E-state index >= 15 is 0 Å². The number of piperidine rings is 1. The molecule has 4 rings (SSSR count). The molecule has 0 radical (unpaired) electrons. The van der Waals surface area contributed by atoms with Gasteiger partial charge in [-0.2, -0.15) is 0 Å². The van der Waals surface area contributed by atoms with E-state index < -0.39 is 16.9 Å². The topological polar surface area (TPSA) is 90.1 Å². The molecule has 1 aromatic heterocycles. The van der Waals surface area contributed by atoms with E-state index in [9.17, 15) is 9.59 Å². The second-order valence-electron chi connectivity index (χ2n) is 13.3. The van der Waals surface area contributed by atoms with Crippen molar-refractivity contribution in [3.8, 4) is 11.5 Å². The molecular formula is C34H46N2O6. The van der Waals surface area contributed by atoms with Crippen molar-refractivity contribution >= 4 is 22.8 Å². The Labute approximate surface area is 249 Å². The Balaban J connectivity index is 1.36. The van der Waals surface area contributed by atoms with E-state index in [0.717, 1.165) is 48.3 Å². The van der Waals surface area contributed by atoms with Crippen molar-refractivity contribution in [2.24, 2.45) is 16.7 Å². The van der Waals surface area contributed by atoms with Gasteiger partial charge in [0.1, 0.15) is 30.8 Å². The summed E-state index contributed by atoms with van der Waals surface area (Å²) in [4.78, 5) is 30.7. The number of aromatic nitrogens is 1. The minimum absolute atomic E-state index is 0.155. The third kappa shape index (κ3) is 8.99. The fraction of sp³-hybridized carbons (Fsp3) is 0.529. The Morgan fingerprint density at radius 3 is 2.26 bits per heavy atom. The van der Waals surface area contributed by atoms with Crippen LogP contribution < -0.4 is 9.47 Å². The summed E-state index contributed by atoms with van der Waals surface area (Å²) in [6, 6.07) is 17.7. The molecule has 3 aromatic rings. The molecule has 8 heteroatoms. The van der Waals surface area contributed by atoms with Gasteiger partial charge < -0.3 is 23.9 Å². The number of para-hydroxylation sites is 1. The highest BCUT2D eigenvalue weighted by atomic mass is 16.6. The van der Waals surface area contributed by atoms with E-state index in [4.69, 9.17) is 18.9 Å². The minimum Gasteiger partial charge on any atom is -0.493 e. The lowest BCUT2D eigenvalue weighted by atomic mass is 9.97. The summed E-state index contributed by atoms with van der Waals surface area (Å²) in [5.41, 5.74) is 0.497. The number of fused-ring (bicyclic) bond motifs is 1. The van der Waals surface area contributed by atoms with Gasteiger partial charge in [-0.25, -0.2) is 0 Å². The van der Waals surface area contributed by atoms with Crippen molar-refractivity contribution in [2.45, 2.75) is 67.1 Å². The monoisotopic (exact) mass is 578 g/mol. The number of carbonyl (C=O) groups is 2. The number of H-pyrrole nitrogens is 1. The average Bonchev–Trinajstić information content (AvgIpc) is 3.37. The fourth-order valence-electron chi connectivity index (χ4n) is 4.74. The summed E-state index contributed by atoms with van der Waals surface area (Å²) in [7, 11) is 0. The molecule has 0 aliphatic carbocycles. The lowest BCUT2D eigenvalue weighted by Crippen LogP contribution is -2.44. The van der Waals surface area contributed by atoms with E-state index in [1.165, 1.54) is 0 Å². The average molecular weight is 579 g/mol. The maximum atomic E-state index is 12.9. The highest BCUT2D eigenvalue weighted by Crippen LogP contribution is 2.28. The van der Waals surface area contributed by atoms with Crippen LogP contribution in [0, 0.1) is 16.7 Å². The number of nitrogens with zero attached hydrogens (tertiary/aromatic N) is 1. The molecule has 1 unspecified atom stereocenters. The largest absolute Gasteiger partial charge is 0.493 e. The number of benzene rings is 2. The van der Waals surface area contributed by atoms with Gasteiger partial charge in [-0.15, -0.1) is 0 Å². The third-order valence-corrected chi connectivity index (χ3v) is 7.36. The van der Waals surface area contributed by atoms with Crippen LogP contribution in [-0.2, 0) is 25.7 Å². The molecule has 1 aliphatic rings. The highest BCUT2D eigenvalue weighted by Gasteiger charge is 2.29. The minimum atomic E-state index is -0.611. The molecule has 0 amide bonds. The predicted octanol–water partition coefficient (Wildman–Crippen LogP) is 6.38. The van der Waals surface area contributed by atoms with Gasteiger partial charge in [-0.3, -0.25) is 14.5 Å². The van der Waals surface area contributed by atoms with Crippen LogP contribution in [-0.4, -0.2) is 60.8 Å². The lowest BCUT2D eigenvalue weighted by Gasteiger charge is -2.34. The van der Waals surface area contributed by atoms with Crippen molar-refractivity contribution < 1.29 is 28.5 Å². The van der Waals surface area contributed by atoms with Gasteiger partial charge in [0.25, 0.3) is 0 Å². The number of ether oxygens (including phenoxy) is 4. The third-order valence-electron chi connectivity index (χ3n) is 7.36. The number of hydrogen-bond donors (Lipinski definition) is 1. The normalized spacial score (nSPS) is 15.8. The Morgan fingerprint density at radius 2 is 1.60 bits per heavy atom. The van der Waals surface area contributed by atoms with Crippen LogP contribution >= 0.6 is 0 Å². The van der Waals surface area contributed by atoms with Crippen molar-refractivity contribution in [1.29, 1.82) is 0 Å². The molecular weight excluding hydrogens is 532 g/mol. The van der Waals surface area contributed by atoms with Crippen molar-refractivity contribution in [3.05, 3.63) is 60.3 Å². The fourth-order valence-corrected chi connectivity index (χ4v) is 4.74. The Bertz CT molecular complexity index is 1310. The molecule has 1 fully saturated rings. The van der Waals surface area contributed by atoms with Crippen molar-refractivity contribution in [1.82, 2.24) is 9.88 Å². The van der Waals surface area contributed by atoms with Crippen LogP contribution in [0.5, 0.6) is 11.5 Å². The maximum Gasteiger partial charge on any atom is 0.311 e. The van der Waals surface area contributed by atoms with E-state index in [2.05, 4.69) is 9.88 Å². The molecule has 0 saturated carbocycles. The molecule has 8 nitrogen and oxygen atoms in total.